The molecule has 0 atom stereocenters. The Balaban J connectivity index is 2.22. The van der Waals surface area contributed by atoms with Gasteiger partial charge in [-0.25, -0.2) is 8.42 Å². The SMILES string of the molecule is CN(C)C(=O)C1CCN(S(=O)(=O)c2ccc(Cl)c(C(F)(F)F)c2)CC1. The van der Waals surface area contributed by atoms with E-state index < -0.39 is 31.7 Å². The molecule has 1 aliphatic heterocycles. The number of piperidine rings is 1. The number of sulfonamides is 1. The van der Waals surface area contributed by atoms with E-state index in [1.807, 2.05) is 0 Å². The van der Waals surface area contributed by atoms with Gasteiger partial charge in [-0.15, -0.1) is 0 Å². The van der Waals surface area contributed by atoms with Gasteiger partial charge in [0.25, 0.3) is 0 Å². The Kier molecular flexibility index (Phi) is 5.70. The molecule has 0 saturated carbocycles. The molecule has 1 saturated heterocycles. The van der Waals surface area contributed by atoms with Gasteiger partial charge in [0.1, 0.15) is 0 Å². The third kappa shape index (κ3) is 4.27. The van der Waals surface area contributed by atoms with Crippen molar-refractivity contribution in [2.45, 2.75) is 23.9 Å². The lowest BCUT2D eigenvalue weighted by molar-refractivity contribution is -0.137. The zero-order chi connectivity index (χ0) is 19.0. The second kappa shape index (κ2) is 7.13. The molecular formula is C15H18ClF3N2O3S. The number of benzene rings is 1. The second-order valence-electron chi connectivity index (χ2n) is 6.05. The van der Waals surface area contributed by atoms with E-state index in [1.165, 1.54) is 4.90 Å². The molecule has 0 bridgehead atoms. The molecule has 1 heterocycles. The lowest BCUT2D eigenvalue weighted by atomic mass is 9.97. The van der Waals surface area contributed by atoms with Crippen LogP contribution in [-0.2, 0) is 21.0 Å². The molecule has 1 aromatic carbocycles. The molecule has 0 N–H and O–H groups in total. The summed E-state index contributed by atoms with van der Waals surface area (Å²) in [6.45, 7) is 0.160. The van der Waals surface area contributed by atoms with E-state index in [9.17, 15) is 26.4 Å². The molecule has 1 amide bonds. The molecule has 0 aromatic heterocycles. The van der Waals surface area contributed by atoms with Gasteiger partial charge in [-0.2, -0.15) is 17.5 Å². The van der Waals surface area contributed by atoms with Crippen LogP contribution in [0.3, 0.4) is 0 Å². The summed E-state index contributed by atoms with van der Waals surface area (Å²) in [5.41, 5.74) is -1.19. The minimum Gasteiger partial charge on any atom is -0.349 e. The van der Waals surface area contributed by atoms with Gasteiger partial charge >= 0.3 is 6.18 Å². The standard InChI is InChI=1S/C15H18ClF3N2O3S/c1-20(2)14(22)10-5-7-21(8-6-10)25(23,24)11-3-4-13(16)12(9-11)15(17,18)19/h3-4,9-10H,5-8H2,1-2H3. The van der Waals surface area contributed by atoms with Crippen molar-refractivity contribution in [3.63, 3.8) is 0 Å². The third-order valence-electron chi connectivity index (χ3n) is 4.12. The highest BCUT2D eigenvalue weighted by Gasteiger charge is 2.37. The van der Waals surface area contributed by atoms with E-state index in [2.05, 4.69) is 0 Å². The van der Waals surface area contributed by atoms with Crippen LogP contribution in [0, 0.1) is 5.92 Å². The fourth-order valence-corrected chi connectivity index (χ4v) is 4.46. The maximum atomic E-state index is 12.9. The number of hydrogen-bond acceptors (Lipinski definition) is 3. The van der Waals surface area contributed by atoms with Gasteiger partial charge in [-0.1, -0.05) is 11.6 Å². The fourth-order valence-electron chi connectivity index (χ4n) is 2.74. The molecule has 0 radical (unpaired) electrons. The van der Waals surface area contributed by atoms with Crippen LogP contribution in [0.5, 0.6) is 0 Å². The first-order valence-corrected chi connectivity index (χ1v) is 9.34. The zero-order valence-corrected chi connectivity index (χ0v) is 15.2. The van der Waals surface area contributed by atoms with Gasteiger partial charge in [0.05, 0.1) is 15.5 Å². The highest BCUT2D eigenvalue weighted by atomic mass is 35.5. The Labute approximate surface area is 149 Å². The number of carbonyl (C=O) groups excluding carboxylic acids is 1. The van der Waals surface area contributed by atoms with Crippen molar-refractivity contribution >= 4 is 27.5 Å². The van der Waals surface area contributed by atoms with Gasteiger partial charge < -0.3 is 4.90 Å². The van der Waals surface area contributed by atoms with Crippen molar-refractivity contribution in [1.29, 1.82) is 0 Å². The normalized spacial score (nSPS) is 17.5. The van der Waals surface area contributed by atoms with Gasteiger partial charge in [0, 0.05) is 33.1 Å². The summed E-state index contributed by atoms with van der Waals surface area (Å²) >= 11 is 5.53. The summed E-state index contributed by atoms with van der Waals surface area (Å²) in [4.78, 5) is 12.9. The first-order valence-electron chi connectivity index (χ1n) is 7.52. The maximum absolute atomic E-state index is 12.9. The summed E-state index contributed by atoms with van der Waals surface area (Å²) < 4.78 is 65.1. The van der Waals surface area contributed by atoms with Crippen molar-refractivity contribution < 1.29 is 26.4 Å². The monoisotopic (exact) mass is 398 g/mol. The van der Waals surface area contributed by atoms with Crippen LogP contribution in [-0.4, -0.2) is 50.7 Å². The summed E-state index contributed by atoms with van der Waals surface area (Å²) in [5.74, 6) is -0.361. The van der Waals surface area contributed by atoms with E-state index >= 15 is 0 Å². The number of rotatable bonds is 3. The maximum Gasteiger partial charge on any atom is 0.417 e. The molecule has 2 rings (SSSR count). The number of carbonyl (C=O) groups is 1. The minimum atomic E-state index is -4.74. The molecule has 5 nitrogen and oxygen atoms in total. The number of alkyl halides is 3. The lowest BCUT2D eigenvalue weighted by Crippen LogP contribution is -2.42. The van der Waals surface area contributed by atoms with Gasteiger partial charge in [-0.05, 0) is 31.0 Å². The summed E-state index contributed by atoms with van der Waals surface area (Å²) in [6, 6.07) is 2.54. The molecule has 0 unspecified atom stereocenters. The summed E-state index contributed by atoms with van der Waals surface area (Å²) in [6.07, 6.45) is -4.08. The predicted molar refractivity (Wildman–Crippen MR) is 86.6 cm³/mol. The average molecular weight is 399 g/mol. The number of amides is 1. The zero-order valence-electron chi connectivity index (χ0n) is 13.7. The fraction of sp³-hybridized carbons (Fsp3) is 0.533. The summed E-state index contributed by atoms with van der Waals surface area (Å²) in [5, 5.41) is -0.554. The topological polar surface area (TPSA) is 57.7 Å². The highest BCUT2D eigenvalue weighted by Crippen LogP contribution is 2.36. The number of halogens is 4. The van der Waals surface area contributed by atoms with Gasteiger partial charge in [-0.3, -0.25) is 4.79 Å². The Morgan fingerprint density at radius 2 is 1.80 bits per heavy atom. The molecule has 1 fully saturated rings. The predicted octanol–water partition coefficient (Wildman–Crippen LogP) is 2.85. The van der Waals surface area contributed by atoms with Crippen molar-refractivity contribution in [1.82, 2.24) is 9.21 Å². The first-order chi connectivity index (χ1) is 11.4. The molecule has 1 aromatic rings. The quantitative estimate of drug-likeness (QED) is 0.786. The molecule has 0 aliphatic carbocycles. The van der Waals surface area contributed by atoms with E-state index in [0.29, 0.717) is 18.9 Å². The van der Waals surface area contributed by atoms with E-state index in [4.69, 9.17) is 11.6 Å². The number of hydrogen-bond donors (Lipinski definition) is 0. The highest BCUT2D eigenvalue weighted by molar-refractivity contribution is 7.89. The smallest absolute Gasteiger partial charge is 0.349 e. The van der Waals surface area contributed by atoms with Crippen molar-refractivity contribution in [3.05, 3.63) is 28.8 Å². The van der Waals surface area contributed by atoms with E-state index in [0.717, 1.165) is 16.4 Å². The Morgan fingerprint density at radius 3 is 2.28 bits per heavy atom. The van der Waals surface area contributed by atoms with Crippen LogP contribution in [0.15, 0.2) is 23.1 Å². The first kappa shape index (κ1) is 20.0. The Bertz CT molecular complexity index is 758. The summed E-state index contributed by atoms with van der Waals surface area (Å²) in [7, 11) is -0.835. The number of nitrogens with zero attached hydrogens (tertiary/aromatic N) is 2. The Morgan fingerprint density at radius 1 is 1.24 bits per heavy atom. The van der Waals surface area contributed by atoms with Crippen LogP contribution in [0.4, 0.5) is 13.2 Å². The molecule has 1 aliphatic rings. The lowest BCUT2D eigenvalue weighted by Gasteiger charge is -2.31. The second-order valence-corrected chi connectivity index (χ2v) is 8.40. The van der Waals surface area contributed by atoms with Crippen molar-refractivity contribution in [2.24, 2.45) is 5.92 Å². The van der Waals surface area contributed by atoms with Crippen LogP contribution in [0.1, 0.15) is 18.4 Å². The molecule has 0 spiro atoms. The van der Waals surface area contributed by atoms with E-state index in [-0.39, 0.29) is 24.9 Å². The third-order valence-corrected chi connectivity index (χ3v) is 6.35. The van der Waals surface area contributed by atoms with Gasteiger partial charge in [0.15, 0.2) is 0 Å². The molecular weight excluding hydrogens is 381 g/mol. The van der Waals surface area contributed by atoms with Crippen molar-refractivity contribution in [3.8, 4) is 0 Å². The molecule has 10 heteroatoms. The Hall–Kier alpha value is -1.32. The van der Waals surface area contributed by atoms with E-state index in [1.54, 1.807) is 14.1 Å². The molecule has 140 valence electrons. The van der Waals surface area contributed by atoms with Crippen LogP contribution in [0.25, 0.3) is 0 Å². The van der Waals surface area contributed by atoms with Crippen molar-refractivity contribution in [2.75, 3.05) is 27.2 Å². The van der Waals surface area contributed by atoms with Crippen LogP contribution >= 0.6 is 11.6 Å². The van der Waals surface area contributed by atoms with Gasteiger partial charge in [0.2, 0.25) is 15.9 Å². The molecule has 25 heavy (non-hydrogen) atoms. The van der Waals surface area contributed by atoms with Crippen LogP contribution in [0.2, 0.25) is 5.02 Å². The average Bonchev–Trinajstić information content (AvgIpc) is 2.53. The van der Waals surface area contributed by atoms with Crippen LogP contribution < -0.4 is 0 Å². The minimum absolute atomic E-state index is 0.0799. The largest absolute Gasteiger partial charge is 0.417 e.